The van der Waals surface area contributed by atoms with Crippen LogP contribution < -0.4 is 4.31 Å². The van der Waals surface area contributed by atoms with E-state index in [1.54, 1.807) is 54.6 Å². The molecule has 0 unspecified atom stereocenters. The van der Waals surface area contributed by atoms with Gasteiger partial charge in [0, 0.05) is 6.20 Å². The summed E-state index contributed by atoms with van der Waals surface area (Å²) in [6.45, 7) is 0. The van der Waals surface area contributed by atoms with E-state index >= 15 is 0 Å². The van der Waals surface area contributed by atoms with Crippen LogP contribution in [0, 0.1) is 0 Å². The Morgan fingerprint density at radius 1 is 0.923 bits per heavy atom. The van der Waals surface area contributed by atoms with E-state index in [1.807, 2.05) is 6.07 Å². The van der Waals surface area contributed by atoms with Gasteiger partial charge in [-0.05, 0) is 29.8 Å². The number of sulfonamides is 1. The maximum atomic E-state index is 13.1. The average Bonchev–Trinajstić information content (AvgIpc) is 2.63. The molecule has 0 amide bonds. The number of carbonyl (C=O) groups is 1. The molecule has 0 saturated carbocycles. The van der Waals surface area contributed by atoms with E-state index in [2.05, 4.69) is 4.98 Å². The summed E-state index contributed by atoms with van der Waals surface area (Å²) < 4.78 is 27.4. The number of para-hydroxylation sites is 1. The second-order valence-electron chi connectivity index (χ2n) is 5.55. The molecular weight excluding hydrogens is 352 g/mol. The van der Waals surface area contributed by atoms with E-state index in [0.717, 1.165) is 4.31 Å². The number of hydrogen-bond donors (Lipinski definition) is 1. The zero-order valence-corrected chi connectivity index (χ0v) is 14.5. The minimum absolute atomic E-state index is 0.215. The van der Waals surface area contributed by atoms with Crippen molar-refractivity contribution in [3.8, 4) is 0 Å². The maximum absolute atomic E-state index is 13.1. The lowest BCUT2D eigenvalue weighted by atomic mass is 10.2. The molecule has 1 aromatic heterocycles. The van der Waals surface area contributed by atoms with E-state index < -0.39 is 16.0 Å². The van der Waals surface area contributed by atoms with Gasteiger partial charge in [-0.25, -0.2) is 22.5 Å². The fourth-order valence-electron chi connectivity index (χ4n) is 2.55. The molecule has 3 aromatic rings. The Morgan fingerprint density at radius 2 is 1.54 bits per heavy atom. The summed E-state index contributed by atoms with van der Waals surface area (Å²) >= 11 is 0. The number of rotatable bonds is 6. The summed E-state index contributed by atoms with van der Waals surface area (Å²) in [5.74, 6) is -1.44. The first-order valence-corrected chi connectivity index (χ1v) is 9.39. The molecule has 132 valence electrons. The summed E-state index contributed by atoms with van der Waals surface area (Å²) in [7, 11) is -3.81. The van der Waals surface area contributed by atoms with Crippen LogP contribution in [0.5, 0.6) is 0 Å². The molecule has 0 aliphatic rings. The van der Waals surface area contributed by atoms with Crippen molar-refractivity contribution in [3.05, 3.63) is 90.3 Å². The molecule has 1 heterocycles. The highest BCUT2D eigenvalue weighted by Crippen LogP contribution is 2.30. The van der Waals surface area contributed by atoms with Crippen LogP contribution in [-0.2, 0) is 15.8 Å². The summed E-state index contributed by atoms with van der Waals surface area (Å²) in [5.41, 5.74) is 1.06. The van der Waals surface area contributed by atoms with Gasteiger partial charge in [-0.2, -0.15) is 0 Å². The van der Waals surface area contributed by atoms with Crippen molar-refractivity contribution in [2.24, 2.45) is 0 Å². The van der Waals surface area contributed by atoms with Crippen LogP contribution in [0.25, 0.3) is 0 Å². The molecule has 26 heavy (non-hydrogen) atoms. The second kappa shape index (κ2) is 7.37. The molecule has 0 radical (unpaired) electrons. The molecular formula is C19H16N2O4S. The Hall–Kier alpha value is -3.19. The van der Waals surface area contributed by atoms with Crippen molar-refractivity contribution < 1.29 is 18.3 Å². The monoisotopic (exact) mass is 368 g/mol. The van der Waals surface area contributed by atoms with Crippen molar-refractivity contribution in [2.45, 2.75) is 5.75 Å². The Kier molecular flexibility index (Phi) is 4.99. The van der Waals surface area contributed by atoms with E-state index in [-0.39, 0.29) is 17.1 Å². The third-order valence-electron chi connectivity index (χ3n) is 3.66. The molecule has 7 heteroatoms. The largest absolute Gasteiger partial charge is 0.477 e. The summed E-state index contributed by atoms with van der Waals surface area (Å²) in [6.07, 6.45) is 1.28. The first-order valence-electron chi connectivity index (χ1n) is 7.79. The standard InChI is InChI=1S/C19H16N2O4S/c22-19(23)18-13-17(11-12-20-18)21(16-9-5-2-6-10-16)26(24,25)14-15-7-3-1-4-8-15/h1-13H,14H2,(H,22,23). The number of carboxylic acid groups (broad SMARTS) is 1. The van der Waals surface area contributed by atoms with Crippen molar-refractivity contribution in [3.63, 3.8) is 0 Å². The highest BCUT2D eigenvalue weighted by molar-refractivity contribution is 7.92. The van der Waals surface area contributed by atoms with E-state index in [9.17, 15) is 13.2 Å². The van der Waals surface area contributed by atoms with Gasteiger partial charge in [0.2, 0.25) is 10.0 Å². The lowest BCUT2D eigenvalue weighted by molar-refractivity contribution is 0.0690. The van der Waals surface area contributed by atoms with Crippen molar-refractivity contribution >= 4 is 27.4 Å². The fourth-order valence-corrected chi connectivity index (χ4v) is 4.17. The van der Waals surface area contributed by atoms with Crippen LogP contribution in [0.2, 0.25) is 0 Å². The Bertz CT molecular complexity index is 1010. The van der Waals surface area contributed by atoms with Crippen LogP contribution in [-0.4, -0.2) is 24.5 Å². The van der Waals surface area contributed by atoms with Gasteiger partial charge in [0.1, 0.15) is 5.69 Å². The summed E-state index contributed by atoms with van der Waals surface area (Å²) in [4.78, 5) is 15.0. The summed E-state index contributed by atoms with van der Waals surface area (Å²) in [6, 6.07) is 20.1. The minimum Gasteiger partial charge on any atom is -0.477 e. The maximum Gasteiger partial charge on any atom is 0.354 e. The van der Waals surface area contributed by atoms with Gasteiger partial charge in [-0.15, -0.1) is 0 Å². The Morgan fingerprint density at radius 3 is 2.15 bits per heavy atom. The number of aromatic nitrogens is 1. The number of benzene rings is 2. The average molecular weight is 368 g/mol. The van der Waals surface area contributed by atoms with E-state index in [4.69, 9.17) is 5.11 Å². The molecule has 0 spiro atoms. The molecule has 0 fully saturated rings. The van der Waals surface area contributed by atoms with E-state index in [0.29, 0.717) is 11.3 Å². The van der Waals surface area contributed by atoms with Crippen LogP contribution in [0.3, 0.4) is 0 Å². The number of hydrogen-bond acceptors (Lipinski definition) is 4. The topological polar surface area (TPSA) is 87.6 Å². The van der Waals surface area contributed by atoms with Gasteiger partial charge >= 0.3 is 5.97 Å². The predicted octanol–water partition coefficient (Wildman–Crippen LogP) is 3.45. The molecule has 6 nitrogen and oxygen atoms in total. The second-order valence-corrected chi connectivity index (χ2v) is 7.36. The van der Waals surface area contributed by atoms with Crippen LogP contribution in [0.4, 0.5) is 11.4 Å². The first kappa shape index (κ1) is 17.6. The number of anilines is 2. The van der Waals surface area contributed by atoms with Gasteiger partial charge in [0.15, 0.2) is 0 Å². The van der Waals surface area contributed by atoms with Gasteiger partial charge < -0.3 is 5.11 Å². The SMILES string of the molecule is O=C(O)c1cc(N(c2ccccc2)S(=O)(=O)Cc2ccccc2)ccn1. The van der Waals surface area contributed by atoms with Crippen molar-refractivity contribution in [1.82, 2.24) is 4.98 Å². The Labute approximate surface area is 151 Å². The molecule has 0 atom stereocenters. The molecule has 0 aliphatic carbocycles. The number of pyridine rings is 1. The molecule has 3 rings (SSSR count). The molecule has 1 N–H and O–H groups in total. The lowest BCUT2D eigenvalue weighted by Gasteiger charge is -2.24. The van der Waals surface area contributed by atoms with Crippen LogP contribution >= 0.6 is 0 Å². The third-order valence-corrected chi connectivity index (χ3v) is 5.33. The smallest absolute Gasteiger partial charge is 0.354 e. The number of aromatic carboxylic acids is 1. The predicted molar refractivity (Wildman–Crippen MR) is 98.8 cm³/mol. The molecule has 0 aliphatic heterocycles. The van der Waals surface area contributed by atoms with Gasteiger partial charge in [0.25, 0.3) is 0 Å². The zero-order chi connectivity index (χ0) is 18.6. The third kappa shape index (κ3) is 3.89. The van der Waals surface area contributed by atoms with Gasteiger partial charge in [-0.3, -0.25) is 0 Å². The molecule has 0 saturated heterocycles. The minimum atomic E-state index is -3.81. The normalized spacial score (nSPS) is 11.1. The highest BCUT2D eigenvalue weighted by atomic mass is 32.2. The summed E-state index contributed by atoms with van der Waals surface area (Å²) in [5, 5.41) is 9.17. The molecule has 0 bridgehead atoms. The quantitative estimate of drug-likeness (QED) is 0.720. The zero-order valence-electron chi connectivity index (χ0n) is 13.7. The number of nitrogens with zero attached hydrogens (tertiary/aromatic N) is 2. The first-order chi connectivity index (χ1) is 12.5. The van der Waals surface area contributed by atoms with Crippen molar-refractivity contribution in [1.29, 1.82) is 0 Å². The van der Waals surface area contributed by atoms with Crippen LogP contribution in [0.15, 0.2) is 79.0 Å². The van der Waals surface area contributed by atoms with Gasteiger partial charge in [0.05, 0.1) is 17.1 Å². The fraction of sp³-hybridized carbons (Fsp3) is 0.0526. The molecule has 2 aromatic carbocycles. The van der Waals surface area contributed by atoms with Gasteiger partial charge in [-0.1, -0.05) is 48.5 Å². The van der Waals surface area contributed by atoms with E-state index in [1.165, 1.54) is 18.3 Å². The van der Waals surface area contributed by atoms with Crippen LogP contribution in [0.1, 0.15) is 16.1 Å². The highest BCUT2D eigenvalue weighted by Gasteiger charge is 2.25. The van der Waals surface area contributed by atoms with Crippen molar-refractivity contribution in [2.75, 3.05) is 4.31 Å². The number of carboxylic acids is 1. The Balaban J connectivity index is 2.10. The lowest BCUT2D eigenvalue weighted by Crippen LogP contribution is -2.28.